The van der Waals surface area contributed by atoms with Gasteiger partial charge in [-0.3, -0.25) is 4.79 Å². The van der Waals surface area contributed by atoms with E-state index in [2.05, 4.69) is 53.1 Å². The zero-order valence-electron chi connectivity index (χ0n) is 15.9. The molecule has 0 saturated carbocycles. The molecule has 2 aromatic rings. The Hall–Kier alpha value is -1.59. The molecule has 0 fully saturated rings. The average Bonchev–Trinajstić information content (AvgIpc) is 3.18. The van der Waals surface area contributed by atoms with Gasteiger partial charge in [-0.15, -0.1) is 11.3 Å². The van der Waals surface area contributed by atoms with E-state index in [1.165, 1.54) is 0 Å². The Morgan fingerprint density at radius 1 is 1.40 bits per heavy atom. The third kappa shape index (κ3) is 5.19. The van der Waals surface area contributed by atoms with E-state index < -0.39 is 0 Å². The van der Waals surface area contributed by atoms with Crippen LogP contribution in [0.5, 0.6) is 0 Å². The van der Waals surface area contributed by atoms with E-state index in [0.717, 1.165) is 54.9 Å². The molecular formula is C20H31N3OS. The van der Waals surface area contributed by atoms with Crippen LogP contribution in [0.15, 0.2) is 29.7 Å². The molecule has 0 radical (unpaired) electrons. The minimum absolute atomic E-state index is 0.0308. The highest BCUT2D eigenvalue weighted by molar-refractivity contribution is 7.16. The number of nitrogens with zero attached hydrogens (tertiary/aromatic N) is 2. The Kier molecular flexibility index (Phi) is 7.72. The first-order valence-corrected chi connectivity index (χ1v) is 10.2. The molecule has 0 aliphatic heterocycles. The van der Waals surface area contributed by atoms with Crippen molar-refractivity contribution in [2.45, 2.75) is 53.1 Å². The first kappa shape index (κ1) is 19.7. The highest BCUT2D eigenvalue weighted by Gasteiger charge is 2.17. The summed E-state index contributed by atoms with van der Waals surface area (Å²) in [7, 11) is 0. The molecular weight excluding hydrogens is 330 g/mol. The average molecular weight is 362 g/mol. The smallest absolute Gasteiger partial charge is 0.268 e. The number of aromatic nitrogens is 1. The maximum Gasteiger partial charge on any atom is 0.268 e. The topological polar surface area (TPSA) is 37.3 Å². The Bertz CT molecular complexity index is 697. The fourth-order valence-electron chi connectivity index (χ4n) is 3.09. The molecule has 138 valence electrons. The first-order chi connectivity index (χ1) is 12.1. The van der Waals surface area contributed by atoms with Crippen LogP contribution in [-0.4, -0.2) is 41.1 Å². The number of hydrogen-bond acceptors (Lipinski definition) is 3. The lowest BCUT2D eigenvalue weighted by Crippen LogP contribution is -2.34. The largest absolute Gasteiger partial charge is 0.348 e. The number of rotatable bonds is 10. The van der Waals surface area contributed by atoms with Crippen molar-refractivity contribution in [1.29, 1.82) is 0 Å². The summed E-state index contributed by atoms with van der Waals surface area (Å²) in [5.41, 5.74) is 0.760. The first-order valence-electron chi connectivity index (χ1n) is 9.31. The minimum atomic E-state index is 0.0308. The molecule has 0 spiro atoms. The van der Waals surface area contributed by atoms with Crippen molar-refractivity contribution in [3.63, 3.8) is 0 Å². The van der Waals surface area contributed by atoms with E-state index >= 15 is 0 Å². The summed E-state index contributed by atoms with van der Waals surface area (Å²) in [6.07, 6.45) is 6.23. The fraction of sp³-hybridized carbons (Fsp3) is 0.550. The van der Waals surface area contributed by atoms with Crippen molar-refractivity contribution >= 4 is 27.5 Å². The number of carbonyl (C=O) groups excluding carboxylic acids is 1. The lowest BCUT2D eigenvalue weighted by Gasteiger charge is -2.20. The second-order valence-corrected chi connectivity index (χ2v) is 7.33. The lowest BCUT2D eigenvalue weighted by atomic mass is 10.1. The number of nitrogens with one attached hydrogen (secondary N) is 1. The van der Waals surface area contributed by atoms with Crippen molar-refractivity contribution in [3.05, 3.63) is 35.4 Å². The van der Waals surface area contributed by atoms with Crippen LogP contribution < -0.4 is 5.32 Å². The summed E-state index contributed by atoms with van der Waals surface area (Å²) in [6.45, 7) is 12.5. The number of fused-ring (bicyclic) bond motifs is 1. The fourth-order valence-corrected chi connectivity index (χ4v) is 3.99. The summed E-state index contributed by atoms with van der Waals surface area (Å²) in [6, 6.07) is 4.27. The molecule has 0 aliphatic rings. The van der Waals surface area contributed by atoms with Gasteiger partial charge in [-0.05, 0) is 63.8 Å². The summed E-state index contributed by atoms with van der Waals surface area (Å²) >= 11 is 1.69. The van der Waals surface area contributed by atoms with Gasteiger partial charge in [0.25, 0.3) is 5.91 Å². The van der Waals surface area contributed by atoms with Crippen LogP contribution in [0.2, 0.25) is 0 Å². The molecule has 25 heavy (non-hydrogen) atoms. The van der Waals surface area contributed by atoms with Gasteiger partial charge in [-0.2, -0.15) is 0 Å². The van der Waals surface area contributed by atoms with E-state index in [-0.39, 0.29) is 11.9 Å². The molecule has 5 heteroatoms. The van der Waals surface area contributed by atoms with Crippen LogP contribution in [-0.2, 0) is 6.54 Å². The standard InChI is InChI=1S/C20H31N3OS/c1-5-8-13-23-18(15-17-11-14-25-20(17)23)19(24)21-16(4)10-9-12-22(6-2)7-3/h5,8,11,14-16H,6-7,9-10,12-13H2,1-4H3,(H,21,24)/b8-5-. The number of allylic oxidation sites excluding steroid dienone is 2. The van der Waals surface area contributed by atoms with E-state index in [4.69, 9.17) is 0 Å². The maximum atomic E-state index is 12.8. The van der Waals surface area contributed by atoms with Crippen molar-refractivity contribution in [1.82, 2.24) is 14.8 Å². The van der Waals surface area contributed by atoms with E-state index in [1.54, 1.807) is 11.3 Å². The highest BCUT2D eigenvalue weighted by Crippen LogP contribution is 2.25. The van der Waals surface area contributed by atoms with Crippen LogP contribution in [0, 0.1) is 0 Å². The van der Waals surface area contributed by atoms with Gasteiger partial charge in [-0.1, -0.05) is 26.0 Å². The number of thiophene rings is 1. The third-order valence-electron chi connectivity index (χ3n) is 4.64. The van der Waals surface area contributed by atoms with Gasteiger partial charge in [0.15, 0.2) is 0 Å². The molecule has 2 rings (SSSR count). The lowest BCUT2D eigenvalue weighted by molar-refractivity contribution is 0.0929. The zero-order valence-corrected chi connectivity index (χ0v) is 16.7. The van der Waals surface area contributed by atoms with Gasteiger partial charge < -0.3 is 14.8 Å². The number of amides is 1. The van der Waals surface area contributed by atoms with Gasteiger partial charge >= 0.3 is 0 Å². The predicted molar refractivity (Wildman–Crippen MR) is 109 cm³/mol. The van der Waals surface area contributed by atoms with Crippen molar-refractivity contribution in [2.24, 2.45) is 0 Å². The van der Waals surface area contributed by atoms with E-state index in [0.29, 0.717) is 0 Å². The van der Waals surface area contributed by atoms with Gasteiger partial charge in [0.05, 0.1) is 0 Å². The molecule has 2 aromatic heterocycles. The zero-order chi connectivity index (χ0) is 18.2. The Balaban J connectivity index is 1.98. The third-order valence-corrected chi connectivity index (χ3v) is 5.59. The molecule has 2 heterocycles. The van der Waals surface area contributed by atoms with Gasteiger partial charge in [0, 0.05) is 18.0 Å². The van der Waals surface area contributed by atoms with Crippen molar-refractivity contribution in [3.8, 4) is 0 Å². The Morgan fingerprint density at radius 3 is 2.84 bits per heavy atom. The second-order valence-electron chi connectivity index (χ2n) is 6.43. The van der Waals surface area contributed by atoms with Crippen LogP contribution >= 0.6 is 11.3 Å². The van der Waals surface area contributed by atoms with Gasteiger partial charge in [0.1, 0.15) is 10.5 Å². The van der Waals surface area contributed by atoms with Crippen LogP contribution in [0.4, 0.5) is 0 Å². The van der Waals surface area contributed by atoms with E-state index in [9.17, 15) is 4.79 Å². The molecule has 1 atom stereocenters. The van der Waals surface area contributed by atoms with Crippen molar-refractivity contribution < 1.29 is 4.79 Å². The summed E-state index contributed by atoms with van der Waals surface area (Å²) in [5.74, 6) is 0.0308. The maximum absolute atomic E-state index is 12.8. The van der Waals surface area contributed by atoms with Crippen LogP contribution in [0.1, 0.15) is 51.0 Å². The normalized spacial score (nSPS) is 13.2. The molecule has 1 unspecified atom stereocenters. The van der Waals surface area contributed by atoms with Crippen LogP contribution in [0.3, 0.4) is 0 Å². The Labute approximate surface area is 155 Å². The molecule has 0 aliphatic carbocycles. The quantitative estimate of drug-likeness (QED) is 0.632. The molecule has 1 N–H and O–H groups in total. The summed E-state index contributed by atoms with van der Waals surface area (Å²) in [5, 5.41) is 6.40. The molecule has 1 amide bonds. The van der Waals surface area contributed by atoms with Gasteiger partial charge in [-0.25, -0.2) is 0 Å². The summed E-state index contributed by atoms with van der Waals surface area (Å²) in [4.78, 5) is 16.3. The number of hydrogen-bond donors (Lipinski definition) is 1. The van der Waals surface area contributed by atoms with Crippen LogP contribution in [0.25, 0.3) is 10.2 Å². The molecule has 0 bridgehead atoms. The molecule has 0 aromatic carbocycles. The summed E-state index contributed by atoms with van der Waals surface area (Å²) < 4.78 is 2.11. The Morgan fingerprint density at radius 2 is 2.16 bits per heavy atom. The second kappa shape index (κ2) is 9.78. The molecule has 0 saturated heterocycles. The molecule has 4 nitrogen and oxygen atoms in total. The van der Waals surface area contributed by atoms with Crippen molar-refractivity contribution in [2.75, 3.05) is 19.6 Å². The predicted octanol–water partition coefficient (Wildman–Crippen LogP) is 4.52. The van der Waals surface area contributed by atoms with E-state index in [1.807, 2.05) is 19.1 Å². The SMILES string of the molecule is C/C=C\Cn1c(C(=O)NC(C)CCCN(CC)CC)cc2ccsc21. The number of carbonyl (C=O) groups is 1. The van der Waals surface area contributed by atoms with Gasteiger partial charge in [0.2, 0.25) is 0 Å². The highest BCUT2D eigenvalue weighted by atomic mass is 32.1. The minimum Gasteiger partial charge on any atom is -0.348 e. The monoisotopic (exact) mass is 361 g/mol.